The van der Waals surface area contributed by atoms with Crippen LogP contribution in [-0.4, -0.2) is 43.7 Å². The number of ether oxygens (including phenoxy) is 2. The molecule has 5 nitrogen and oxygen atoms in total. The summed E-state index contributed by atoms with van der Waals surface area (Å²) >= 11 is 0. The van der Waals surface area contributed by atoms with Crippen molar-refractivity contribution in [3.63, 3.8) is 0 Å². The summed E-state index contributed by atoms with van der Waals surface area (Å²) in [6.45, 7) is 8.65. The Morgan fingerprint density at radius 1 is 1.26 bits per heavy atom. The standard InChI is InChI=1S/C22H34N2O3/c1-14(2)9-19(23)22(25)24-11-15(3)18(12-24)17-7-8-20(26-4)21(10-17)27-13-16-5-6-16/h7-8,10,14-16,18-19H,5-6,9,11-13,23H2,1-4H3. The van der Waals surface area contributed by atoms with Crippen LogP contribution < -0.4 is 15.2 Å². The van der Waals surface area contributed by atoms with Gasteiger partial charge in [-0.25, -0.2) is 0 Å². The minimum Gasteiger partial charge on any atom is -0.493 e. The van der Waals surface area contributed by atoms with Gasteiger partial charge in [0, 0.05) is 19.0 Å². The van der Waals surface area contributed by atoms with Gasteiger partial charge in [-0.1, -0.05) is 26.8 Å². The maximum atomic E-state index is 12.7. The van der Waals surface area contributed by atoms with Crippen LogP contribution in [0.25, 0.3) is 0 Å². The van der Waals surface area contributed by atoms with Gasteiger partial charge in [-0.05, 0) is 54.7 Å². The molecule has 0 aromatic heterocycles. The topological polar surface area (TPSA) is 64.8 Å². The number of nitrogens with two attached hydrogens (primary N) is 1. The number of methoxy groups -OCH3 is 1. The summed E-state index contributed by atoms with van der Waals surface area (Å²) in [5.74, 6) is 3.48. The highest BCUT2D eigenvalue weighted by Gasteiger charge is 2.35. The molecule has 1 aliphatic heterocycles. The van der Waals surface area contributed by atoms with Crippen molar-refractivity contribution < 1.29 is 14.3 Å². The van der Waals surface area contributed by atoms with E-state index in [9.17, 15) is 4.79 Å². The summed E-state index contributed by atoms with van der Waals surface area (Å²) in [6.07, 6.45) is 3.25. The molecule has 1 saturated heterocycles. The van der Waals surface area contributed by atoms with Gasteiger partial charge in [-0.15, -0.1) is 0 Å². The van der Waals surface area contributed by atoms with Gasteiger partial charge in [0.25, 0.3) is 0 Å². The normalized spacial score (nSPS) is 23.6. The molecule has 2 aliphatic rings. The van der Waals surface area contributed by atoms with E-state index >= 15 is 0 Å². The fourth-order valence-electron chi connectivity index (χ4n) is 3.95. The van der Waals surface area contributed by atoms with Gasteiger partial charge in [-0.3, -0.25) is 4.79 Å². The highest BCUT2D eigenvalue weighted by Crippen LogP contribution is 2.38. The SMILES string of the molecule is COc1ccc(C2CN(C(=O)C(N)CC(C)C)CC2C)cc1OCC1CC1. The molecular weight excluding hydrogens is 340 g/mol. The van der Waals surface area contributed by atoms with Crippen molar-refractivity contribution in [3.05, 3.63) is 23.8 Å². The van der Waals surface area contributed by atoms with E-state index in [4.69, 9.17) is 15.2 Å². The molecule has 2 N–H and O–H groups in total. The quantitative estimate of drug-likeness (QED) is 0.757. The van der Waals surface area contributed by atoms with E-state index in [1.165, 1.54) is 18.4 Å². The fraction of sp³-hybridized carbons (Fsp3) is 0.682. The van der Waals surface area contributed by atoms with Crippen LogP contribution in [0.3, 0.4) is 0 Å². The first kappa shape index (κ1) is 20.0. The van der Waals surface area contributed by atoms with Gasteiger partial charge in [-0.2, -0.15) is 0 Å². The number of hydrogen-bond acceptors (Lipinski definition) is 4. The zero-order valence-corrected chi connectivity index (χ0v) is 17.1. The van der Waals surface area contributed by atoms with Crippen LogP contribution in [0.5, 0.6) is 11.5 Å². The molecule has 2 fully saturated rings. The number of likely N-dealkylation sites (tertiary alicyclic amines) is 1. The number of amides is 1. The first-order valence-electron chi connectivity index (χ1n) is 10.2. The first-order chi connectivity index (χ1) is 12.9. The van der Waals surface area contributed by atoms with Crippen LogP contribution in [0, 0.1) is 17.8 Å². The molecule has 1 amide bonds. The third-order valence-electron chi connectivity index (χ3n) is 5.75. The number of hydrogen-bond donors (Lipinski definition) is 1. The lowest BCUT2D eigenvalue weighted by molar-refractivity contribution is -0.132. The monoisotopic (exact) mass is 374 g/mol. The van der Waals surface area contributed by atoms with Crippen molar-refractivity contribution in [2.45, 2.75) is 52.0 Å². The zero-order valence-electron chi connectivity index (χ0n) is 17.1. The van der Waals surface area contributed by atoms with Crippen molar-refractivity contribution in [1.29, 1.82) is 0 Å². The Labute approximate surface area is 163 Å². The Kier molecular flexibility index (Phi) is 6.30. The number of carbonyl (C=O) groups excluding carboxylic acids is 1. The number of nitrogens with zero attached hydrogens (tertiary/aromatic N) is 1. The van der Waals surface area contributed by atoms with E-state index in [1.54, 1.807) is 7.11 Å². The highest BCUT2D eigenvalue weighted by molar-refractivity contribution is 5.82. The van der Waals surface area contributed by atoms with Gasteiger partial charge in [0.1, 0.15) is 0 Å². The van der Waals surface area contributed by atoms with Gasteiger partial charge in [0.15, 0.2) is 11.5 Å². The molecule has 3 atom stereocenters. The first-order valence-corrected chi connectivity index (χ1v) is 10.2. The molecule has 5 heteroatoms. The molecule has 3 unspecified atom stereocenters. The maximum Gasteiger partial charge on any atom is 0.239 e. The third-order valence-corrected chi connectivity index (χ3v) is 5.75. The molecule has 0 bridgehead atoms. The molecule has 1 aliphatic carbocycles. The molecule has 1 aromatic carbocycles. The Morgan fingerprint density at radius 3 is 2.63 bits per heavy atom. The Bertz CT molecular complexity index is 657. The Balaban J connectivity index is 1.69. The predicted octanol–water partition coefficient (Wildman–Crippen LogP) is 3.42. The fourth-order valence-corrected chi connectivity index (χ4v) is 3.95. The van der Waals surface area contributed by atoms with Crippen LogP contribution in [0.4, 0.5) is 0 Å². The van der Waals surface area contributed by atoms with Crippen LogP contribution in [-0.2, 0) is 4.79 Å². The van der Waals surface area contributed by atoms with Crippen LogP contribution >= 0.6 is 0 Å². The van der Waals surface area contributed by atoms with E-state index in [1.807, 2.05) is 11.0 Å². The minimum atomic E-state index is -0.399. The summed E-state index contributed by atoms with van der Waals surface area (Å²) in [7, 11) is 1.67. The lowest BCUT2D eigenvalue weighted by Gasteiger charge is -2.22. The lowest BCUT2D eigenvalue weighted by atomic mass is 9.90. The van der Waals surface area contributed by atoms with Crippen molar-refractivity contribution in [1.82, 2.24) is 4.90 Å². The van der Waals surface area contributed by atoms with Crippen molar-refractivity contribution in [3.8, 4) is 11.5 Å². The summed E-state index contributed by atoms with van der Waals surface area (Å²) in [6, 6.07) is 5.79. The maximum absolute atomic E-state index is 12.7. The molecule has 1 heterocycles. The molecule has 3 rings (SSSR count). The third kappa shape index (κ3) is 4.95. The average Bonchev–Trinajstić information content (AvgIpc) is 3.39. The van der Waals surface area contributed by atoms with Crippen LogP contribution in [0.2, 0.25) is 0 Å². The minimum absolute atomic E-state index is 0.0803. The summed E-state index contributed by atoms with van der Waals surface area (Å²) in [5, 5.41) is 0. The second-order valence-electron chi connectivity index (χ2n) is 8.73. The molecule has 0 spiro atoms. The van der Waals surface area contributed by atoms with Crippen molar-refractivity contribution >= 4 is 5.91 Å². The Hall–Kier alpha value is -1.75. The van der Waals surface area contributed by atoms with Crippen LogP contribution in [0.1, 0.15) is 51.5 Å². The predicted molar refractivity (Wildman–Crippen MR) is 107 cm³/mol. The molecule has 0 radical (unpaired) electrons. The van der Waals surface area contributed by atoms with Crippen molar-refractivity contribution in [2.75, 3.05) is 26.8 Å². The zero-order chi connectivity index (χ0) is 19.6. The van der Waals surface area contributed by atoms with E-state index in [0.717, 1.165) is 37.6 Å². The van der Waals surface area contributed by atoms with Gasteiger partial charge < -0.3 is 20.1 Å². The van der Waals surface area contributed by atoms with E-state index in [-0.39, 0.29) is 5.91 Å². The molecule has 1 aromatic rings. The van der Waals surface area contributed by atoms with Crippen molar-refractivity contribution in [2.24, 2.45) is 23.5 Å². The molecule has 27 heavy (non-hydrogen) atoms. The van der Waals surface area contributed by atoms with Crippen LogP contribution in [0.15, 0.2) is 18.2 Å². The lowest BCUT2D eigenvalue weighted by Crippen LogP contribution is -2.43. The largest absolute Gasteiger partial charge is 0.493 e. The average molecular weight is 375 g/mol. The second-order valence-corrected chi connectivity index (χ2v) is 8.73. The Morgan fingerprint density at radius 2 is 2.00 bits per heavy atom. The number of carbonyl (C=O) groups is 1. The highest BCUT2D eigenvalue weighted by atomic mass is 16.5. The van der Waals surface area contributed by atoms with E-state index in [0.29, 0.717) is 23.7 Å². The smallest absolute Gasteiger partial charge is 0.239 e. The molecule has 1 saturated carbocycles. The van der Waals surface area contributed by atoms with Gasteiger partial charge in [0.05, 0.1) is 19.8 Å². The molecular formula is C22H34N2O3. The number of benzene rings is 1. The summed E-state index contributed by atoms with van der Waals surface area (Å²) < 4.78 is 11.5. The van der Waals surface area contributed by atoms with E-state index < -0.39 is 6.04 Å². The molecule has 150 valence electrons. The summed E-state index contributed by atoms with van der Waals surface area (Å²) in [4.78, 5) is 14.7. The second kappa shape index (κ2) is 8.51. The number of rotatable bonds is 8. The van der Waals surface area contributed by atoms with Gasteiger partial charge in [0.2, 0.25) is 5.91 Å². The van der Waals surface area contributed by atoms with E-state index in [2.05, 4.69) is 32.9 Å². The summed E-state index contributed by atoms with van der Waals surface area (Å²) in [5.41, 5.74) is 7.35. The van der Waals surface area contributed by atoms with Gasteiger partial charge >= 0.3 is 0 Å².